The number of carbonyl (C=O) groups is 1. The molecule has 1 amide bonds. The molecule has 3 rings (SSSR count). The first-order valence-electron chi connectivity index (χ1n) is 7.83. The number of halogens is 2. The molecular formula is C20H17F2IrN3O-2. The minimum Gasteiger partial charge on any atom is -0.649 e. The quantitative estimate of drug-likeness (QED) is 0.451. The number of carbonyl (C=O) groups excluding carboxylic acids is 1. The molecule has 2 heterocycles. The van der Waals surface area contributed by atoms with E-state index in [1.807, 2.05) is 31.2 Å². The second-order valence-electron chi connectivity index (χ2n) is 5.42. The third-order valence-corrected chi connectivity index (χ3v) is 3.22. The second-order valence-corrected chi connectivity index (χ2v) is 5.42. The maximum absolute atomic E-state index is 13.4. The SMILES string of the molecule is CC(=O)[N-]Cc1ccccn1.Cc1ccnc(-c2[c-]cc(F)cc2F)c1.[Ir]. The van der Waals surface area contributed by atoms with Crippen LogP contribution >= 0.6 is 0 Å². The molecule has 0 atom stereocenters. The van der Waals surface area contributed by atoms with Crippen LogP contribution in [-0.4, -0.2) is 15.9 Å². The second kappa shape index (κ2) is 11.3. The van der Waals surface area contributed by atoms with E-state index in [-0.39, 0.29) is 31.6 Å². The molecule has 1 aromatic carbocycles. The van der Waals surface area contributed by atoms with Crippen molar-refractivity contribution in [1.82, 2.24) is 9.97 Å². The van der Waals surface area contributed by atoms with Gasteiger partial charge in [-0.1, -0.05) is 35.9 Å². The first-order valence-corrected chi connectivity index (χ1v) is 7.83. The molecule has 2 aromatic heterocycles. The van der Waals surface area contributed by atoms with Gasteiger partial charge in [0.2, 0.25) is 0 Å². The number of nitrogens with zero attached hydrogens (tertiary/aromatic N) is 3. The van der Waals surface area contributed by atoms with Crippen LogP contribution in [0, 0.1) is 24.6 Å². The maximum atomic E-state index is 13.4. The van der Waals surface area contributed by atoms with E-state index in [0.717, 1.165) is 23.4 Å². The Balaban J connectivity index is 0.000000273. The predicted octanol–water partition coefficient (Wildman–Crippen LogP) is 4.63. The van der Waals surface area contributed by atoms with E-state index in [1.165, 1.54) is 6.92 Å². The van der Waals surface area contributed by atoms with Crippen molar-refractivity contribution < 1.29 is 33.7 Å². The molecule has 3 aromatic rings. The van der Waals surface area contributed by atoms with Crippen LogP contribution in [-0.2, 0) is 31.4 Å². The van der Waals surface area contributed by atoms with Crippen molar-refractivity contribution in [2.75, 3.05) is 0 Å². The summed E-state index contributed by atoms with van der Waals surface area (Å²) in [7, 11) is 0. The van der Waals surface area contributed by atoms with Gasteiger partial charge in [0.05, 0.1) is 0 Å². The Hall–Kier alpha value is -2.50. The molecule has 27 heavy (non-hydrogen) atoms. The molecule has 7 heteroatoms. The minimum atomic E-state index is -0.645. The molecule has 0 unspecified atom stereocenters. The molecule has 0 aliphatic carbocycles. The Bertz CT molecular complexity index is 876. The Morgan fingerprint density at radius 1 is 1.15 bits per heavy atom. The smallest absolute Gasteiger partial charge is 0.0482 e. The molecule has 0 aliphatic heterocycles. The van der Waals surface area contributed by atoms with E-state index < -0.39 is 11.6 Å². The largest absolute Gasteiger partial charge is 0.649 e. The molecule has 0 fully saturated rings. The van der Waals surface area contributed by atoms with Crippen molar-refractivity contribution in [2.45, 2.75) is 20.4 Å². The number of pyridine rings is 2. The van der Waals surface area contributed by atoms with E-state index in [2.05, 4.69) is 21.4 Å². The normalized spacial score (nSPS) is 9.48. The summed E-state index contributed by atoms with van der Waals surface area (Å²) in [4.78, 5) is 18.4. The van der Waals surface area contributed by atoms with Crippen molar-refractivity contribution >= 4 is 5.91 Å². The molecule has 1 radical (unpaired) electrons. The van der Waals surface area contributed by atoms with Crippen molar-refractivity contribution in [1.29, 1.82) is 0 Å². The standard InChI is InChI=1S/C12H8F2N.C8H10N2O.Ir/c1-8-4-5-15-12(6-8)10-3-2-9(13)7-11(10)14;1-7(11)10-6-8-4-2-3-5-9-8;/h2,4-7H,1H3;2-5H,6H2,1H3,(H,10,11);/q-1;;/p-1. The Morgan fingerprint density at radius 2 is 1.93 bits per heavy atom. The van der Waals surface area contributed by atoms with Gasteiger partial charge in [0.25, 0.3) is 0 Å². The zero-order chi connectivity index (χ0) is 18.9. The van der Waals surface area contributed by atoms with Crippen LogP contribution in [0.4, 0.5) is 8.78 Å². The van der Waals surface area contributed by atoms with Crippen molar-refractivity contribution in [3.8, 4) is 11.3 Å². The summed E-state index contributed by atoms with van der Waals surface area (Å²) in [6.07, 6.45) is 3.27. The molecular weight excluding hydrogens is 528 g/mol. The Kier molecular flexibility index (Phi) is 9.40. The minimum absolute atomic E-state index is 0. The molecule has 143 valence electrons. The average Bonchev–Trinajstić information content (AvgIpc) is 2.61. The summed E-state index contributed by atoms with van der Waals surface area (Å²) in [6.45, 7) is 3.70. The molecule has 0 saturated carbocycles. The summed E-state index contributed by atoms with van der Waals surface area (Å²) in [5.74, 6) is -1.44. The van der Waals surface area contributed by atoms with Gasteiger partial charge in [0.15, 0.2) is 0 Å². The fraction of sp³-hybridized carbons (Fsp3) is 0.150. The topological polar surface area (TPSA) is 57.0 Å². The molecule has 0 bridgehead atoms. The van der Waals surface area contributed by atoms with E-state index in [1.54, 1.807) is 18.5 Å². The van der Waals surface area contributed by atoms with Crippen molar-refractivity contribution in [3.05, 3.63) is 89.1 Å². The van der Waals surface area contributed by atoms with Crippen LogP contribution in [0.15, 0.2) is 54.9 Å². The average molecular weight is 546 g/mol. The van der Waals surface area contributed by atoms with Gasteiger partial charge in [0, 0.05) is 55.7 Å². The van der Waals surface area contributed by atoms with Gasteiger partial charge in [-0.3, -0.25) is 13.8 Å². The number of aryl methyl sites for hydroxylation is 1. The van der Waals surface area contributed by atoms with Gasteiger partial charge in [-0.25, -0.2) is 0 Å². The van der Waals surface area contributed by atoms with Gasteiger partial charge >= 0.3 is 0 Å². The summed E-state index contributed by atoms with van der Waals surface area (Å²) in [5, 5.41) is 3.69. The van der Waals surface area contributed by atoms with Crippen LogP contribution < -0.4 is 0 Å². The van der Waals surface area contributed by atoms with Gasteiger partial charge in [-0.05, 0) is 37.7 Å². The van der Waals surface area contributed by atoms with E-state index >= 15 is 0 Å². The fourth-order valence-electron chi connectivity index (χ4n) is 2.00. The molecule has 0 N–H and O–H groups in total. The first-order chi connectivity index (χ1) is 12.5. The number of amides is 1. The number of hydrogen-bond donors (Lipinski definition) is 0. The van der Waals surface area contributed by atoms with Crippen LogP contribution in [0.5, 0.6) is 0 Å². The van der Waals surface area contributed by atoms with Gasteiger partial charge in [0.1, 0.15) is 0 Å². The third-order valence-electron chi connectivity index (χ3n) is 3.22. The van der Waals surface area contributed by atoms with Crippen LogP contribution in [0.25, 0.3) is 16.6 Å². The zero-order valence-corrected chi connectivity index (χ0v) is 17.1. The van der Waals surface area contributed by atoms with E-state index in [0.29, 0.717) is 12.2 Å². The Morgan fingerprint density at radius 3 is 2.52 bits per heavy atom. The summed E-state index contributed by atoms with van der Waals surface area (Å²) in [6, 6.07) is 13.5. The molecule has 4 nitrogen and oxygen atoms in total. The van der Waals surface area contributed by atoms with E-state index in [9.17, 15) is 13.6 Å². The van der Waals surface area contributed by atoms with E-state index in [4.69, 9.17) is 0 Å². The van der Waals surface area contributed by atoms with Crippen molar-refractivity contribution in [2.24, 2.45) is 0 Å². The molecule has 0 spiro atoms. The van der Waals surface area contributed by atoms with Crippen LogP contribution in [0.3, 0.4) is 0 Å². The van der Waals surface area contributed by atoms with Gasteiger partial charge in [-0.2, -0.15) is 0 Å². The predicted molar refractivity (Wildman–Crippen MR) is 95.1 cm³/mol. The maximum Gasteiger partial charge on any atom is 0.0482 e. The van der Waals surface area contributed by atoms with Crippen LogP contribution in [0.2, 0.25) is 0 Å². The third kappa shape index (κ3) is 7.72. The van der Waals surface area contributed by atoms with Crippen molar-refractivity contribution in [3.63, 3.8) is 0 Å². The summed E-state index contributed by atoms with van der Waals surface area (Å²) >= 11 is 0. The summed E-state index contributed by atoms with van der Waals surface area (Å²) in [5.41, 5.74) is 2.45. The summed E-state index contributed by atoms with van der Waals surface area (Å²) < 4.78 is 26.0. The number of benzene rings is 1. The fourth-order valence-corrected chi connectivity index (χ4v) is 2.00. The van der Waals surface area contributed by atoms with Gasteiger partial charge < -0.3 is 15.1 Å². The van der Waals surface area contributed by atoms with Gasteiger partial charge in [-0.15, -0.1) is 12.1 Å². The number of aromatic nitrogens is 2. The Labute approximate surface area is 170 Å². The molecule has 0 aliphatic rings. The number of hydrogen-bond acceptors (Lipinski definition) is 3. The zero-order valence-electron chi connectivity index (χ0n) is 14.7. The first kappa shape index (κ1) is 22.5. The van der Waals surface area contributed by atoms with Crippen LogP contribution in [0.1, 0.15) is 18.2 Å². The molecule has 0 saturated heterocycles. The number of rotatable bonds is 3. The monoisotopic (exact) mass is 546 g/mol.